The van der Waals surface area contributed by atoms with Gasteiger partial charge in [-0.1, -0.05) is 0 Å². The summed E-state index contributed by atoms with van der Waals surface area (Å²) in [5.41, 5.74) is 0.405. The molecule has 3 heterocycles. The fourth-order valence-corrected chi connectivity index (χ4v) is 3.29. The molecule has 1 amide bonds. The second-order valence-electron chi connectivity index (χ2n) is 7.47. The van der Waals surface area contributed by atoms with Crippen molar-refractivity contribution in [3.63, 3.8) is 0 Å². The van der Waals surface area contributed by atoms with E-state index in [2.05, 4.69) is 15.6 Å². The van der Waals surface area contributed by atoms with E-state index in [1.165, 1.54) is 18.1 Å². The van der Waals surface area contributed by atoms with E-state index in [1.807, 2.05) is 0 Å². The number of halogens is 6. The van der Waals surface area contributed by atoms with Gasteiger partial charge in [0, 0.05) is 38.0 Å². The third-order valence-corrected chi connectivity index (χ3v) is 5.06. The van der Waals surface area contributed by atoms with Gasteiger partial charge < -0.3 is 25.4 Å². The number of hydrogen-bond donors (Lipinski definition) is 3. The van der Waals surface area contributed by atoms with Crippen molar-refractivity contribution < 1.29 is 45.8 Å². The molecule has 8 nitrogen and oxygen atoms in total. The maximum absolute atomic E-state index is 14.5. The molecule has 186 valence electrons. The molecule has 2 fully saturated rings. The SMILES string of the molecule is COc1nc(N2CCC(F)(F)CC2)c(F)cc1CNC(=O)C1CCCN1.O=C(O)C(F)(F)F. The van der Waals surface area contributed by atoms with E-state index in [0.29, 0.717) is 5.56 Å². The zero-order valence-electron chi connectivity index (χ0n) is 17.6. The predicted octanol–water partition coefficient (Wildman–Crippen LogP) is 2.47. The number of aliphatic carboxylic acids is 1. The largest absolute Gasteiger partial charge is 0.490 e. The van der Waals surface area contributed by atoms with Crippen LogP contribution < -0.4 is 20.3 Å². The molecule has 1 unspecified atom stereocenters. The molecule has 14 heteroatoms. The van der Waals surface area contributed by atoms with E-state index in [9.17, 15) is 31.1 Å². The third kappa shape index (κ3) is 7.65. The quantitative estimate of drug-likeness (QED) is 0.550. The maximum Gasteiger partial charge on any atom is 0.490 e. The molecule has 1 aromatic rings. The van der Waals surface area contributed by atoms with Gasteiger partial charge in [0.25, 0.3) is 5.92 Å². The second kappa shape index (κ2) is 10.9. The first-order valence-electron chi connectivity index (χ1n) is 10.0. The Morgan fingerprint density at radius 1 is 1.33 bits per heavy atom. The molecular weight excluding hydrogens is 462 g/mol. The number of aromatic nitrogens is 1. The number of piperidine rings is 1. The number of nitrogens with one attached hydrogen (secondary N) is 2. The van der Waals surface area contributed by atoms with E-state index in [-0.39, 0.29) is 56.1 Å². The number of carboxylic acids is 1. The lowest BCUT2D eigenvalue weighted by molar-refractivity contribution is -0.192. The molecule has 0 aliphatic carbocycles. The molecule has 0 radical (unpaired) electrons. The predicted molar refractivity (Wildman–Crippen MR) is 104 cm³/mol. The molecule has 2 aliphatic rings. The second-order valence-corrected chi connectivity index (χ2v) is 7.47. The molecule has 1 aromatic heterocycles. The van der Waals surface area contributed by atoms with E-state index < -0.39 is 23.9 Å². The highest BCUT2D eigenvalue weighted by Crippen LogP contribution is 2.32. The first-order chi connectivity index (χ1) is 15.3. The molecule has 0 spiro atoms. The van der Waals surface area contributed by atoms with Crippen molar-refractivity contribution in [2.75, 3.05) is 31.6 Å². The van der Waals surface area contributed by atoms with Crippen molar-refractivity contribution in [2.24, 2.45) is 0 Å². The minimum atomic E-state index is -5.08. The van der Waals surface area contributed by atoms with Gasteiger partial charge in [0.15, 0.2) is 11.6 Å². The summed E-state index contributed by atoms with van der Waals surface area (Å²) in [5, 5.41) is 13.0. The average molecular weight is 486 g/mol. The summed E-state index contributed by atoms with van der Waals surface area (Å²) in [7, 11) is 1.40. The highest BCUT2D eigenvalue weighted by Gasteiger charge is 2.38. The molecule has 1 atom stereocenters. The molecule has 2 aliphatic heterocycles. The van der Waals surface area contributed by atoms with Crippen LogP contribution >= 0.6 is 0 Å². The zero-order chi connectivity index (χ0) is 24.8. The topological polar surface area (TPSA) is 104 Å². The number of nitrogens with zero attached hydrogens (tertiary/aromatic N) is 2. The van der Waals surface area contributed by atoms with Crippen molar-refractivity contribution >= 4 is 17.7 Å². The van der Waals surface area contributed by atoms with Gasteiger partial charge in [-0.15, -0.1) is 0 Å². The van der Waals surface area contributed by atoms with E-state index in [1.54, 1.807) is 0 Å². The highest BCUT2D eigenvalue weighted by molar-refractivity contribution is 5.82. The first-order valence-corrected chi connectivity index (χ1v) is 10.0. The lowest BCUT2D eigenvalue weighted by Gasteiger charge is -2.32. The summed E-state index contributed by atoms with van der Waals surface area (Å²) in [5.74, 6) is -6.04. The Bertz CT molecular complexity index is 836. The van der Waals surface area contributed by atoms with E-state index >= 15 is 0 Å². The van der Waals surface area contributed by atoms with Crippen LogP contribution in [-0.2, 0) is 16.1 Å². The van der Waals surface area contributed by atoms with Gasteiger partial charge in [-0.2, -0.15) is 18.2 Å². The molecule has 0 saturated carbocycles. The Kier molecular flexibility index (Phi) is 8.75. The standard InChI is InChI=1S/C17H23F3N4O2.C2HF3O2/c1-26-16-11(10-22-15(25)13-3-2-6-21-13)9-12(18)14(23-16)24-7-4-17(19,20)5-8-24;3-2(4,5)1(6)7/h9,13,21H,2-8,10H2,1H3,(H,22,25);(H,6,7). The number of alkyl halides is 5. The number of carbonyl (C=O) groups is 2. The monoisotopic (exact) mass is 486 g/mol. The molecular formula is C19H24F6N4O4. The minimum absolute atomic E-state index is 0.00452. The number of ether oxygens (including phenoxy) is 1. The molecule has 33 heavy (non-hydrogen) atoms. The van der Waals surface area contributed by atoms with Crippen molar-refractivity contribution in [1.82, 2.24) is 15.6 Å². The highest BCUT2D eigenvalue weighted by atomic mass is 19.4. The van der Waals surface area contributed by atoms with Gasteiger partial charge in [-0.05, 0) is 25.5 Å². The lowest BCUT2D eigenvalue weighted by Crippen LogP contribution is -2.40. The van der Waals surface area contributed by atoms with Crippen LogP contribution in [0.15, 0.2) is 6.07 Å². The molecule has 3 N–H and O–H groups in total. The third-order valence-electron chi connectivity index (χ3n) is 5.06. The number of carboxylic acid groups (broad SMARTS) is 1. The fourth-order valence-electron chi connectivity index (χ4n) is 3.29. The summed E-state index contributed by atoms with van der Waals surface area (Å²) in [4.78, 5) is 26.6. The Balaban J connectivity index is 0.000000479. The number of hydrogen-bond acceptors (Lipinski definition) is 6. The van der Waals surface area contributed by atoms with Crippen molar-refractivity contribution in [2.45, 2.75) is 50.4 Å². The van der Waals surface area contributed by atoms with Gasteiger partial charge in [0.1, 0.15) is 0 Å². The number of amides is 1. The number of methoxy groups -OCH3 is 1. The minimum Gasteiger partial charge on any atom is -0.481 e. The van der Waals surface area contributed by atoms with Crippen LogP contribution in [0.25, 0.3) is 0 Å². The van der Waals surface area contributed by atoms with Crippen LogP contribution in [0, 0.1) is 5.82 Å². The van der Waals surface area contributed by atoms with Gasteiger partial charge in [0.2, 0.25) is 11.8 Å². The Morgan fingerprint density at radius 3 is 2.42 bits per heavy atom. The summed E-state index contributed by atoms with van der Waals surface area (Å²) >= 11 is 0. The molecule has 0 aromatic carbocycles. The lowest BCUT2D eigenvalue weighted by atomic mass is 10.1. The Hall–Kier alpha value is -2.77. The number of pyridine rings is 1. The van der Waals surface area contributed by atoms with Crippen LogP contribution in [0.3, 0.4) is 0 Å². The summed E-state index contributed by atoms with van der Waals surface area (Å²) < 4.78 is 78.0. The van der Waals surface area contributed by atoms with Crippen LogP contribution in [0.2, 0.25) is 0 Å². The Labute approximate surface area is 185 Å². The van der Waals surface area contributed by atoms with Gasteiger partial charge in [-0.25, -0.2) is 18.0 Å². The fraction of sp³-hybridized carbons (Fsp3) is 0.632. The van der Waals surface area contributed by atoms with Crippen molar-refractivity contribution in [3.05, 3.63) is 17.4 Å². The van der Waals surface area contributed by atoms with Gasteiger partial charge in [-0.3, -0.25) is 4.79 Å². The van der Waals surface area contributed by atoms with Crippen LogP contribution in [0.1, 0.15) is 31.2 Å². The number of rotatable bonds is 5. The first kappa shape index (κ1) is 26.5. The van der Waals surface area contributed by atoms with Crippen LogP contribution in [-0.4, -0.2) is 66.9 Å². The van der Waals surface area contributed by atoms with E-state index in [4.69, 9.17) is 14.6 Å². The average Bonchev–Trinajstić information content (AvgIpc) is 3.27. The molecule has 3 rings (SSSR count). The normalized spacial score (nSPS) is 20.0. The van der Waals surface area contributed by atoms with Gasteiger partial charge in [0.05, 0.1) is 13.2 Å². The number of anilines is 1. The summed E-state index contributed by atoms with van der Waals surface area (Å²) in [6.45, 7) is 0.955. The van der Waals surface area contributed by atoms with Crippen LogP contribution in [0.5, 0.6) is 5.88 Å². The smallest absolute Gasteiger partial charge is 0.481 e. The molecule has 0 bridgehead atoms. The maximum atomic E-state index is 14.5. The van der Waals surface area contributed by atoms with Crippen molar-refractivity contribution in [3.8, 4) is 5.88 Å². The van der Waals surface area contributed by atoms with E-state index in [0.717, 1.165) is 19.4 Å². The number of carbonyl (C=O) groups excluding carboxylic acids is 1. The van der Waals surface area contributed by atoms with Crippen LogP contribution in [0.4, 0.5) is 32.2 Å². The summed E-state index contributed by atoms with van der Waals surface area (Å²) in [6, 6.07) is 1.02. The van der Waals surface area contributed by atoms with Gasteiger partial charge >= 0.3 is 12.1 Å². The molecule has 2 saturated heterocycles. The zero-order valence-corrected chi connectivity index (χ0v) is 17.6. The Morgan fingerprint density at radius 2 is 1.94 bits per heavy atom. The summed E-state index contributed by atoms with van der Waals surface area (Å²) in [6.07, 6.45) is -4.03. The van der Waals surface area contributed by atoms with Crippen molar-refractivity contribution in [1.29, 1.82) is 0 Å².